The van der Waals surface area contributed by atoms with Crippen LogP contribution >= 0.6 is 0 Å². The lowest BCUT2D eigenvalue weighted by molar-refractivity contribution is 1.05. The number of nitriles is 1. The van der Waals surface area contributed by atoms with Crippen molar-refractivity contribution in [3.63, 3.8) is 0 Å². The van der Waals surface area contributed by atoms with E-state index in [0.29, 0.717) is 11.4 Å². The fourth-order valence-corrected chi connectivity index (χ4v) is 8.39. The van der Waals surface area contributed by atoms with Gasteiger partial charge >= 0.3 is 0 Å². The molecule has 0 aliphatic rings. The Labute approximate surface area is 335 Å². The van der Waals surface area contributed by atoms with E-state index in [1.54, 1.807) is 0 Å². The van der Waals surface area contributed by atoms with Crippen LogP contribution in [0.3, 0.4) is 0 Å². The van der Waals surface area contributed by atoms with E-state index in [1.165, 1.54) is 27.2 Å². The third-order valence-corrected chi connectivity index (χ3v) is 11.2. The maximum atomic E-state index is 9.27. The number of aromatic nitrogens is 4. The van der Waals surface area contributed by atoms with Crippen LogP contribution in [0.25, 0.3) is 100 Å². The van der Waals surface area contributed by atoms with Gasteiger partial charge in [0.05, 0.1) is 39.4 Å². The van der Waals surface area contributed by atoms with Gasteiger partial charge in [0.15, 0.2) is 5.82 Å². The van der Waals surface area contributed by atoms with Crippen molar-refractivity contribution in [1.29, 1.82) is 5.26 Å². The lowest BCUT2D eigenvalue weighted by Crippen LogP contribution is -2.02. The first kappa shape index (κ1) is 33.3. The summed E-state index contributed by atoms with van der Waals surface area (Å²) in [4.78, 5) is 10.5. The molecule has 5 heteroatoms. The molecule has 0 fully saturated rings. The fourth-order valence-electron chi connectivity index (χ4n) is 8.39. The molecule has 0 spiro atoms. The molecular weight excluding hydrogens is 707 g/mol. The molecule has 0 aliphatic heterocycles. The van der Waals surface area contributed by atoms with E-state index in [9.17, 15) is 5.26 Å². The molecule has 0 saturated carbocycles. The molecule has 0 amide bonds. The Hall–Kier alpha value is -8.07. The molecule has 0 saturated heterocycles. The zero-order valence-electron chi connectivity index (χ0n) is 31.3. The van der Waals surface area contributed by atoms with Crippen LogP contribution in [-0.4, -0.2) is 19.1 Å². The SMILES string of the molecule is N#Cc1ccc(-c2ccc(-c3nc(-c4ccccc4)cc(-n4c5ccccc5c5ccc(-c6ccc7c(c6)c6ccccc6n7-c6ccccc6)cc54)n3)cc2)cc1. The molecule has 3 heterocycles. The van der Waals surface area contributed by atoms with Crippen molar-refractivity contribution in [3.8, 4) is 62.5 Å². The maximum Gasteiger partial charge on any atom is 0.162 e. The summed E-state index contributed by atoms with van der Waals surface area (Å²) < 4.78 is 4.64. The Morgan fingerprint density at radius 3 is 1.62 bits per heavy atom. The normalized spacial score (nSPS) is 11.4. The lowest BCUT2D eigenvalue weighted by Gasteiger charge is -2.13. The number of rotatable bonds is 6. The number of hydrogen-bond acceptors (Lipinski definition) is 3. The summed E-state index contributed by atoms with van der Waals surface area (Å²) in [6.07, 6.45) is 0. The number of nitrogens with zero attached hydrogens (tertiary/aromatic N) is 5. The van der Waals surface area contributed by atoms with Gasteiger partial charge in [-0.25, -0.2) is 9.97 Å². The van der Waals surface area contributed by atoms with Crippen molar-refractivity contribution in [3.05, 3.63) is 206 Å². The van der Waals surface area contributed by atoms with Gasteiger partial charge in [0.2, 0.25) is 0 Å². The molecule has 0 atom stereocenters. The molecule has 0 N–H and O–H groups in total. The maximum absolute atomic E-state index is 9.27. The molecule has 11 rings (SSSR count). The van der Waals surface area contributed by atoms with E-state index in [0.717, 1.165) is 67.0 Å². The van der Waals surface area contributed by atoms with Crippen LogP contribution in [0, 0.1) is 11.3 Å². The Kier molecular flexibility index (Phi) is 7.80. The van der Waals surface area contributed by atoms with Gasteiger partial charge in [0.25, 0.3) is 0 Å². The average molecular weight is 740 g/mol. The topological polar surface area (TPSA) is 59.4 Å². The minimum atomic E-state index is 0.643. The number of hydrogen-bond donors (Lipinski definition) is 0. The Balaban J connectivity index is 1.09. The van der Waals surface area contributed by atoms with Gasteiger partial charge < -0.3 is 4.57 Å². The summed E-state index contributed by atoms with van der Waals surface area (Å²) in [5.41, 5.74) is 13.5. The smallest absolute Gasteiger partial charge is 0.162 e. The van der Waals surface area contributed by atoms with Gasteiger partial charge in [-0.05, 0) is 76.9 Å². The summed E-state index contributed by atoms with van der Waals surface area (Å²) in [5.74, 6) is 1.44. The van der Waals surface area contributed by atoms with Crippen molar-refractivity contribution < 1.29 is 0 Å². The second-order valence-corrected chi connectivity index (χ2v) is 14.6. The van der Waals surface area contributed by atoms with Crippen molar-refractivity contribution in [2.45, 2.75) is 0 Å². The lowest BCUT2D eigenvalue weighted by atomic mass is 10.0. The van der Waals surface area contributed by atoms with Crippen LogP contribution in [0.5, 0.6) is 0 Å². The minimum Gasteiger partial charge on any atom is -0.309 e. The Morgan fingerprint density at radius 1 is 0.362 bits per heavy atom. The van der Waals surface area contributed by atoms with Crippen molar-refractivity contribution in [2.75, 3.05) is 0 Å². The summed E-state index contributed by atoms with van der Waals surface area (Å²) in [6, 6.07) is 72.1. The van der Waals surface area contributed by atoms with Crippen molar-refractivity contribution in [2.24, 2.45) is 0 Å². The van der Waals surface area contributed by atoms with Gasteiger partial charge in [-0.2, -0.15) is 5.26 Å². The molecule has 58 heavy (non-hydrogen) atoms. The van der Waals surface area contributed by atoms with Crippen LogP contribution in [0.1, 0.15) is 5.56 Å². The van der Waals surface area contributed by atoms with Crippen LogP contribution in [0.15, 0.2) is 200 Å². The number of benzene rings is 8. The molecule has 3 aromatic heterocycles. The molecule has 5 nitrogen and oxygen atoms in total. The molecule has 0 unspecified atom stereocenters. The zero-order chi connectivity index (χ0) is 38.6. The molecule has 0 bridgehead atoms. The van der Waals surface area contributed by atoms with Gasteiger partial charge in [0.1, 0.15) is 5.82 Å². The van der Waals surface area contributed by atoms with E-state index in [4.69, 9.17) is 9.97 Å². The van der Waals surface area contributed by atoms with Crippen LogP contribution < -0.4 is 0 Å². The molecule has 270 valence electrons. The molecular formula is C53H33N5. The first-order valence-electron chi connectivity index (χ1n) is 19.4. The van der Waals surface area contributed by atoms with E-state index in [2.05, 4.69) is 173 Å². The second-order valence-electron chi connectivity index (χ2n) is 14.6. The average Bonchev–Trinajstić information content (AvgIpc) is 3.82. The van der Waals surface area contributed by atoms with E-state index in [-0.39, 0.29) is 0 Å². The van der Waals surface area contributed by atoms with Crippen LogP contribution in [0.4, 0.5) is 0 Å². The Bertz CT molecular complexity index is 3370. The fraction of sp³-hybridized carbons (Fsp3) is 0. The van der Waals surface area contributed by atoms with E-state index < -0.39 is 0 Å². The molecule has 8 aromatic carbocycles. The monoisotopic (exact) mass is 739 g/mol. The summed E-state index contributed by atoms with van der Waals surface area (Å²) in [6.45, 7) is 0. The van der Waals surface area contributed by atoms with Gasteiger partial charge in [-0.1, -0.05) is 140 Å². The van der Waals surface area contributed by atoms with Gasteiger partial charge in [-0.3, -0.25) is 4.57 Å². The zero-order valence-corrected chi connectivity index (χ0v) is 31.3. The van der Waals surface area contributed by atoms with E-state index in [1.807, 2.05) is 42.5 Å². The third-order valence-electron chi connectivity index (χ3n) is 11.2. The number of para-hydroxylation sites is 3. The second kappa shape index (κ2) is 13.6. The third kappa shape index (κ3) is 5.55. The predicted octanol–water partition coefficient (Wildman–Crippen LogP) is 13.2. The Morgan fingerprint density at radius 2 is 0.897 bits per heavy atom. The van der Waals surface area contributed by atoms with Crippen molar-refractivity contribution >= 4 is 43.6 Å². The summed E-state index contributed by atoms with van der Waals surface area (Å²) in [5, 5.41) is 14.0. The highest BCUT2D eigenvalue weighted by Gasteiger charge is 2.19. The summed E-state index contributed by atoms with van der Waals surface area (Å²) in [7, 11) is 0. The number of fused-ring (bicyclic) bond motifs is 6. The molecule has 0 radical (unpaired) electrons. The van der Waals surface area contributed by atoms with Crippen LogP contribution in [-0.2, 0) is 0 Å². The molecule has 11 aromatic rings. The van der Waals surface area contributed by atoms with Gasteiger partial charge in [-0.15, -0.1) is 0 Å². The first-order valence-corrected chi connectivity index (χ1v) is 19.4. The first-order chi connectivity index (χ1) is 28.7. The highest BCUT2D eigenvalue weighted by Crippen LogP contribution is 2.39. The minimum absolute atomic E-state index is 0.643. The highest BCUT2D eigenvalue weighted by atomic mass is 15.1. The highest BCUT2D eigenvalue weighted by molar-refractivity contribution is 6.12. The van der Waals surface area contributed by atoms with Crippen molar-refractivity contribution in [1.82, 2.24) is 19.1 Å². The standard InChI is InChI=1S/C53H33N5/c54-34-35-19-21-36(22-20-35)37-23-25-39(26-24-37)53-55-47(38-11-3-1-4-12-38)33-52(56-53)58-49-18-10-7-15-43(49)45-29-27-41(32-51(45)58)40-28-30-50-46(31-40)44-16-8-9-17-48(44)57(50)42-13-5-2-6-14-42/h1-33H. The molecule has 0 aliphatic carbocycles. The van der Waals surface area contributed by atoms with Crippen LogP contribution in [0.2, 0.25) is 0 Å². The predicted molar refractivity (Wildman–Crippen MR) is 237 cm³/mol. The van der Waals surface area contributed by atoms with Gasteiger partial charge in [0, 0.05) is 44.4 Å². The quantitative estimate of drug-likeness (QED) is 0.171. The summed E-state index contributed by atoms with van der Waals surface area (Å²) >= 11 is 0. The van der Waals surface area contributed by atoms with E-state index >= 15 is 0 Å². The largest absolute Gasteiger partial charge is 0.309 e.